The van der Waals surface area contributed by atoms with Crippen LogP contribution in [-0.4, -0.2) is 24.8 Å². The summed E-state index contributed by atoms with van der Waals surface area (Å²) >= 11 is 0. The predicted molar refractivity (Wildman–Crippen MR) is 89.2 cm³/mol. The maximum Gasteiger partial charge on any atom is 0.243 e. The van der Waals surface area contributed by atoms with Gasteiger partial charge in [-0.25, -0.2) is 8.42 Å². The molecule has 1 aromatic carbocycles. The van der Waals surface area contributed by atoms with Crippen molar-refractivity contribution in [1.29, 1.82) is 0 Å². The Morgan fingerprint density at radius 3 is 1.64 bits per heavy atom. The van der Waals surface area contributed by atoms with E-state index in [1.54, 1.807) is 12.1 Å². The van der Waals surface area contributed by atoms with Gasteiger partial charge in [0.15, 0.2) is 0 Å². The van der Waals surface area contributed by atoms with Crippen LogP contribution in [0.1, 0.15) is 64.2 Å². The quantitative estimate of drug-likeness (QED) is 0.827. The molecule has 1 aromatic rings. The van der Waals surface area contributed by atoms with Crippen molar-refractivity contribution in [1.82, 2.24) is 4.31 Å². The molecule has 0 spiro atoms. The van der Waals surface area contributed by atoms with Crippen molar-refractivity contribution in [3.63, 3.8) is 0 Å². The first-order valence-corrected chi connectivity index (χ1v) is 10.2. The van der Waals surface area contributed by atoms with Gasteiger partial charge in [0.1, 0.15) is 0 Å². The Labute approximate surface area is 134 Å². The summed E-state index contributed by atoms with van der Waals surface area (Å²) in [4.78, 5) is 0.464. The molecule has 2 aliphatic rings. The van der Waals surface area contributed by atoms with Crippen molar-refractivity contribution in [3.8, 4) is 0 Å². The lowest BCUT2D eigenvalue weighted by Crippen LogP contribution is -2.48. The van der Waals surface area contributed by atoms with Gasteiger partial charge in [-0.2, -0.15) is 4.31 Å². The van der Waals surface area contributed by atoms with Crippen LogP contribution in [0.2, 0.25) is 0 Å². The fraction of sp³-hybridized carbons (Fsp3) is 0.667. The van der Waals surface area contributed by atoms with Crippen molar-refractivity contribution in [3.05, 3.63) is 30.3 Å². The first-order chi connectivity index (χ1) is 10.7. The van der Waals surface area contributed by atoms with Crippen molar-refractivity contribution in [2.24, 2.45) is 0 Å². The summed E-state index contributed by atoms with van der Waals surface area (Å²) in [6.45, 7) is 0. The topological polar surface area (TPSA) is 37.4 Å². The second-order valence-corrected chi connectivity index (χ2v) is 8.57. The van der Waals surface area contributed by atoms with Crippen molar-refractivity contribution >= 4 is 10.0 Å². The summed E-state index contributed by atoms with van der Waals surface area (Å²) in [7, 11) is -3.37. The summed E-state index contributed by atoms with van der Waals surface area (Å²) in [5, 5.41) is 0. The van der Waals surface area contributed by atoms with Crippen LogP contribution in [-0.2, 0) is 10.0 Å². The number of sulfonamides is 1. The highest BCUT2D eigenvalue weighted by molar-refractivity contribution is 7.89. The molecule has 0 amide bonds. The lowest BCUT2D eigenvalue weighted by molar-refractivity contribution is 0.169. The van der Waals surface area contributed by atoms with Gasteiger partial charge >= 0.3 is 0 Å². The van der Waals surface area contributed by atoms with Gasteiger partial charge in [0.25, 0.3) is 0 Å². The van der Waals surface area contributed by atoms with Gasteiger partial charge in [-0.05, 0) is 37.8 Å². The molecule has 0 bridgehead atoms. The lowest BCUT2D eigenvalue weighted by Gasteiger charge is -2.40. The van der Waals surface area contributed by atoms with Crippen molar-refractivity contribution in [2.45, 2.75) is 81.2 Å². The van der Waals surface area contributed by atoms with E-state index in [1.807, 2.05) is 22.5 Å². The third-order valence-electron chi connectivity index (χ3n) is 5.19. The van der Waals surface area contributed by atoms with Crippen molar-refractivity contribution in [2.75, 3.05) is 0 Å². The van der Waals surface area contributed by atoms with Crippen molar-refractivity contribution < 1.29 is 8.42 Å². The Kier molecular flexibility index (Phi) is 5.19. The summed E-state index contributed by atoms with van der Waals surface area (Å²) in [5.74, 6) is 0. The maximum absolute atomic E-state index is 13.3. The van der Waals surface area contributed by atoms with Gasteiger partial charge in [-0.1, -0.05) is 56.7 Å². The molecule has 0 unspecified atom stereocenters. The number of nitrogens with zero attached hydrogens (tertiary/aromatic N) is 1. The monoisotopic (exact) mass is 321 g/mol. The Morgan fingerprint density at radius 2 is 1.18 bits per heavy atom. The largest absolute Gasteiger partial charge is 0.243 e. The smallest absolute Gasteiger partial charge is 0.207 e. The molecule has 2 saturated carbocycles. The molecule has 0 aliphatic heterocycles. The van der Waals surface area contributed by atoms with E-state index in [1.165, 1.54) is 12.8 Å². The molecule has 0 atom stereocenters. The average molecular weight is 321 g/mol. The van der Waals surface area contributed by atoms with E-state index in [4.69, 9.17) is 0 Å². The molecule has 0 aromatic heterocycles. The molecule has 3 nitrogen and oxygen atoms in total. The van der Waals surface area contributed by atoms with E-state index in [0.29, 0.717) is 4.90 Å². The molecular weight excluding hydrogens is 294 g/mol. The minimum atomic E-state index is -3.37. The summed E-state index contributed by atoms with van der Waals surface area (Å²) in [6.07, 6.45) is 11.3. The van der Waals surface area contributed by atoms with Gasteiger partial charge in [-0.3, -0.25) is 0 Å². The Balaban J connectivity index is 1.93. The Hall–Kier alpha value is -0.870. The summed E-state index contributed by atoms with van der Waals surface area (Å²) in [5.41, 5.74) is 0. The minimum Gasteiger partial charge on any atom is -0.207 e. The number of benzene rings is 1. The standard InChI is InChI=1S/C18H27NO2S/c20-22(21,18-14-8-3-9-15-18)19(16-10-4-1-5-11-16)17-12-6-2-7-13-17/h3,8-9,14-17H,1-2,4-7,10-13H2. The van der Waals surface area contributed by atoms with E-state index in [0.717, 1.165) is 51.4 Å². The van der Waals surface area contributed by atoms with Crippen LogP contribution in [0.25, 0.3) is 0 Å². The first-order valence-electron chi connectivity index (χ1n) is 8.78. The molecular formula is C18H27NO2S. The molecule has 0 heterocycles. The third kappa shape index (κ3) is 3.38. The molecule has 122 valence electrons. The predicted octanol–water partition coefficient (Wildman–Crippen LogP) is 4.34. The number of hydrogen-bond acceptors (Lipinski definition) is 2. The van der Waals surface area contributed by atoms with Gasteiger partial charge < -0.3 is 0 Å². The van der Waals surface area contributed by atoms with Gasteiger partial charge in [0.2, 0.25) is 10.0 Å². The zero-order chi connectivity index (χ0) is 15.4. The second-order valence-electron chi connectivity index (χ2n) is 6.73. The Morgan fingerprint density at radius 1 is 0.727 bits per heavy atom. The maximum atomic E-state index is 13.3. The second kappa shape index (κ2) is 7.14. The number of rotatable bonds is 4. The number of hydrogen-bond donors (Lipinski definition) is 0. The molecule has 0 radical (unpaired) electrons. The molecule has 3 rings (SSSR count). The molecule has 22 heavy (non-hydrogen) atoms. The molecule has 2 fully saturated rings. The Bertz CT molecular complexity index is 540. The minimum absolute atomic E-state index is 0.210. The summed E-state index contributed by atoms with van der Waals surface area (Å²) < 4.78 is 28.4. The van der Waals surface area contributed by atoms with Gasteiger partial charge in [0.05, 0.1) is 4.90 Å². The normalized spacial score (nSPS) is 22.0. The average Bonchev–Trinajstić information content (AvgIpc) is 2.58. The van der Waals surface area contributed by atoms with E-state index in [2.05, 4.69) is 0 Å². The van der Waals surface area contributed by atoms with E-state index >= 15 is 0 Å². The highest BCUT2D eigenvalue weighted by Crippen LogP contribution is 2.34. The van der Waals surface area contributed by atoms with Crippen LogP contribution in [0.15, 0.2) is 35.2 Å². The fourth-order valence-corrected chi connectivity index (χ4v) is 6.03. The first kappa shape index (κ1) is 16.0. The van der Waals surface area contributed by atoms with Crippen LogP contribution >= 0.6 is 0 Å². The van der Waals surface area contributed by atoms with Gasteiger partial charge in [0, 0.05) is 12.1 Å². The molecule has 4 heteroatoms. The zero-order valence-electron chi connectivity index (χ0n) is 13.3. The lowest BCUT2D eigenvalue weighted by atomic mass is 9.91. The fourth-order valence-electron chi connectivity index (χ4n) is 4.08. The van der Waals surface area contributed by atoms with E-state index in [9.17, 15) is 8.42 Å². The van der Waals surface area contributed by atoms with Crippen LogP contribution in [0.5, 0.6) is 0 Å². The highest BCUT2D eigenvalue weighted by Gasteiger charge is 2.37. The zero-order valence-corrected chi connectivity index (χ0v) is 14.1. The molecule has 0 N–H and O–H groups in total. The highest BCUT2D eigenvalue weighted by atomic mass is 32.2. The van der Waals surface area contributed by atoms with Crippen LogP contribution in [0.3, 0.4) is 0 Å². The van der Waals surface area contributed by atoms with Crippen LogP contribution < -0.4 is 0 Å². The molecule has 2 aliphatic carbocycles. The van der Waals surface area contributed by atoms with Gasteiger partial charge in [-0.15, -0.1) is 0 Å². The SMILES string of the molecule is O=S(=O)(c1ccccc1)N(C1CCCCC1)C1CCCCC1. The van der Waals surface area contributed by atoms with Crippen LogP contribution in [0.4, 0.5) is 0 Å². The summed E-state index contributed by atoms with van der Waals surface area (Å²) in [6, 6.07) is 9.44. The van der Waals surface area contributed by atoms with E-state index < -0.39 is 10.0 Å². The molecule has 0 saturated heterocycles. The van der Waals surface area contributed by atoms with Crippen LogP contribution in [0, 0.1) is 0 Å². The van der Waals surface area contributed by atoms with E-state index in [-0.39, 0.29) is 12.1 Å². The third-order valence-corrected chi connectivity index (χ3v) is 7.21.